The molecule has 1 fully saturated rings. The second-order valence-corrected chi connectivity index (χ2v) is 7.17. The molecule has 25 heavy (non-hydrogen) atoms. The number of rotatable bonds is 7. The van der Waals surface area contributed by atoms with E-state index < -0.39 is 11.6 Å². The number of ketones is 1. The molecule has 0 aliphatic carbocycles. The Balaban J connectivity index is 2.25. The molecule has 0 aromatic heterocycles. The lowest BCUT2D eigenvalue weighted by molar-refractivity contribution is -0.131. The number of benzene rings is 1. The molecule has 1 aliphatic rings. The number of amides is 3. The average molecular weight is 346 g/mol. The van der Waals surface area contributed by atoms with Gasteiger partial charge < -0.3 is 10.1 Å². The lowest BCUT2D eigenvalue weighted by Gasteiger charge is -2.23. The average Bonchev–Trinajstić information content (AvgIpc) is 2.76. The first-order valence-electron chi connectivity index (χ1n) is 8.50. The molecular formula is C19H26N2O4. The Morgan fingerprint density at radius 3 is 2.56 bits per heavy atom. The van der Waals surface area contributed by atoms with Crippen LogP contribution in [0.5, 0.6) is 5.75 Å². The summed E-state index contributed by atoms with van der Waals surface area (Å²) in [6, 6.07) is 4.61. The summed E-state index contributed by atoms with van der Waals surface area (Å²) in [4.78, 5) is 38.0. The van der Waals surface area contributed by atoms with Crippen LogP contribution in [-0.2, 0) is 11.3 Å². The number of hydrogen-bond acceptors (Lipinski definition) is 4. The number of nitrogens with one attached hydrogen (secondary N) is 1. The van der Waals surface area contributed by atoms with E-state index in [4.69, 9.17) is 4.74 Å². The molecule has 1 saturated heterocycles. The highest BCUT2D eigenvalue weighted by molar-refractivity contribution is 6.06. The predicted octanol–water partition coefficient (Wildman–Crippen LogP) is 3.14. The molecule has 6 nitrogen and oxygen atoms in total. The fourth-order valence-electron chi connectivity index (χ4n) is 2.93. The highest BCUT2D eigenvalue weighted by atomic mass is 16.5. The summed E-state index contributed by atoms with van der Waals surface area (Å²) in [5, 5.41) is 2.81. The Morgan fingerprint density at radius 2 is 2.00 bits per heavy atom. The third-order valence-electron chi connectivity index (χ3n) is 4.58. The van der Waals surface area contributed by atoms with Crippen LogP contribution in [0.4, 0.5) is 4.79 Å². The van der Waals surface area contributed by atoms with Gasteiger partial charge in [-0.2, -0.15) is 0 Å². The van der Waals surface area contributed by atoms with Gasteiger partial charge >= 0.3 is 6.03 Å². The van der Waals surface area contributed by atoms with Crippen molar-refractivity contribution in [2.24, 2.45) is 5.92 Å². The van der Waals surface area contributed by atoms with Crippen LogP contribution >= 0.6 is 0 Å². The number of carbonyl (C=O) groups excluding carboxylic acids is 3. The summed E-state index contributed by atoms with van der Waals surface area (Å²) in [7, 11) is 1.52. The van der Waals surface area contributed by atoms with Crippen LogP contribution in [0.3, 0.4) is 0 Å². The summed E-state index contributed by atoms with van der Waals surface area (Å²) in [5.41, 5.74) is 0.268. The number of ether oxygens (including phenoxy) is 1. The Labute approximate surface area is 148 Å². The topological polar surface area (TPSA) is 75.7 Å². The molecule has 1 aromatic rings. The van der Waals surface area contributed by atoms with Crippen molar-refractivity contribution in [1.29, 1.82) is 0 Å². The highest BCUT2D eigenvalue weighted by Crippen LogP contribution is 2.28. The van der Waals surface area contributed by atoms with Crippen molar-refractivity contribution in [3.8, 4) is 5.75 Å². The summed E-state index contributed by atoms with van der Waals surface area (Å²) in [6.45, 7) is 7.48. The van der Waals surface area contributed by atoms with Gasteiger partial charge in [-0.15, -0.1) is 0 Å². The second-order valence-electron chi connectivity index (χ2n) is 7.17. The van der Waals surface area contributed by atoms with Crippen LogP contribution in [-0.4, -0.2) is 35.3 Å². The van der Waals surface area contributed by atoms with Gasteiger partial charge in [-0.25, -0.2) is 4.79 Å². The lowest BCUT2D eigenvalue weighted by atomic mass is 9.92. The minimum Gasteiger partial charge on any atom is -0.496 e. The van der Waals surface area contributed by atoms with E-state index in [-0.39, 0.29) is 18.2 Å². The Kier molecular flexibility index (Phi) is 5.50. The number of carbonyl (C=O) groups is 3. The smallest absolute Gasteiger partial charge is 0.325 e. The predicted molar refractivity (Wildman–Crippen MR) is 94.6 cm³/mol. The zero-order valence-corrected chi connectivity index (χ0v) is 15.5. The maximum atomic E-state index is 12.8. The first-order valence-corrected chi connectivity index (χ1v) is 8.50. The molecule has 1 heterocycles. The van der Waals surface area contributed by atoms with E-state index in [2.05, 4.69) is 19.2 Å². The molecule has 1 N–H and O–H groups in total. The zero-order valence-electron chi connectivity index (χ0n) is 15.5. The van der Waals surface area contributed by atoms with Gasteiger partial charge in [0.25, 0.3) is 5.91 Å². The van der Waals surface area contributed by atoms with Gasteiger partial charge in [-0.1, -0.05) is 13.8 Å². The Bertz CT molecular complexity index is 699. The summed E-state index contributed by atoms with van der Waals surface area (Å²) >= 11 is 0. The molecule has 0 radical (unpaired) electrons. The minimum absolute atomic E-state index is 0.0756. The standard InChI is InChI=1S/C19H26N2O4/c1-12(2)8-9-19(4)17(23)21(18(24)20-19)11-15-10-14(13(3)22)6-7-16(15)25-5/h6-7,10,12H,8-9,11H2,1-5H3,(H,20,24). The molecule has 1 aromatic carbocycles. The van der Waals surface area contributed by atoms with E-state index in [9.17, 15) is 14.4 Å². The number of nitrogens with zero attached hydrogens (tertiary/aromatic N) is 1. The van der Waals surface area contributed by atoms with Gasteiger partial charge in [0.2, 0.25) is 0 Å². The first-order chi connectivity index (χ1) is 11.7. The molecule has 0 saturated carbocycles. The van der Waals surface area contributed by atoms with Crippen LogP contribution in [0.25, 0.3) is 0 Å². The van der Waals surface area contributed by atoms with Crippen LogP contribution in [0.2, 0.25) is 0 Å². The fourth-order valence-corrected chi connectivity index (χ4v) is 2.93. The first kappa shape index (κ1) is 19.0. The van der Waals surface area contributed by atoms with E-state index in [0.29, 0.717) is 29.2 Å². The third kappa shape index (κ3) is 4.00. The summed E-state index contributed by atoms with van der Waals surface area (Å²) < 4.78 is 5.31. The molecule has 1 unspecified atom stereocenters. The van der Waals surface area contributed by atoms with Crippen LogP contribution in [0.15, 0.2) is 18.2 Å². The van der Waals surface area contributed by atoms with Gasteiger partial charge in [0.05, 0.1) is 13.7 Å². The maximum absolute atomic E-state index is 12.8. The molecule has 136 valence electrons. The van der Waals surface area contributed by atoms with E-state index >= 15 is 0 Å². The van der Waals surface area contributed by atoms with E-state index in [1.807, 2.05) is 0 Å². The maximum Gasteiger partial charge on any atom is 0.325 e. The normalized spacial score (nSPS) is 20.2. The van der Waals surface area contributed by atoms with Gasteiger partial charge in [-0.05, 0) is 50.8 Å². The van der Waals surface area contributed by atoms with Gasteiger partial charge in [0, 0.05) is 11.1 Å². The van der Waals surface area contributed by atoms with E-state index in [1.165, 1.54) is 18.9 Å². The van der Waals surface area contributed by atoms with Gasteiger partial charge in [-0.3, -0.25) is 14.5 Å². The van der Waals surface area contributed by atoms with E-state index in [0.717, 1.165) is 6.42 Å². The SMILES string of the molecule is COc1ccc(C(C)=O)cc1CN1C(=O)NC(C)(CCC(C)C)C1=O. The Morgan fingerprint density at radius 1 is 1.32 bits per heavy atom. The molecule has 3 amide bonds. The zero-order chi connectivity index (χ0) is 18.8. The quantitative estimate of drug-likeness (QED) is 0.608. The van der Waals surface area contributed by atoms with Crippen LogP contribution < -0.4 is 10.1 Å². The van der Waals surface area contributed by atoms with Crippen molar-refractivity contribution in [3.63, 3.8) is 0 Å². The molecule has 6 heteroatoms. The molecule has 1 atom stereocenters. The Hall–Kier alpha value is -2.37. The van der Waals surface area contributed by atoms with Crippen LogP contribution in [0.1, 0.15) is 56.5 Å². The van der Waals surface area contributed by atoms with Crippen molar-refractivity contribution in [1.82, 2.24) is 10.2 Å². The lowest BCUT2D eigenvalue weighted by Crippen LogP contribution is -2.44. The van der Waals surface area contributed by atoms with E-state index in [1.54, 1.807) is 25.1 Å². The fraction of sp³-hybridized carbons (Fsp3) is 0.526. The number of urea groups is 1. The van der Waals surface area contributed by atoms with Crippen molar-refractivity contribution >= 4 is 17.7 Å². The summed E-state index contributed by atoms with van der Waals surface area (Å²) in [6.07, 6.45) is 1.44. The van der Waals surface area contributed by atoms with Crippen molar-refractivity contribution < 1.29 is 19.1 Å². The minimum atomic E-state index is -0.882. The molecular weight excluding hydrogens is 320 g/mol. The van der Waals surface area contributed by atoms with Crippen LogP contribution in [0, 0.1) is 5.92 Å². The van der Waals surface area contributed by atoms with Gasteiger partial charge in [0.15, 0.2) is 5.78 Å². The summed E-state index contributed by atoms with van der Waals surface area (Å²) in [5.74, 6) is 0.667. The van der Waals surface area contributed by atoms with Crippen molar-refractivity contribution in [2.75, 3.05) is 7.11 Å². The number of methoxy groups -OCH3 is 1. The number of Topliss-reactive ketones (excluding diaryl/α,β-unsaturated/α-hetero) is 1. The highest BCUT2D eigenvalue weighted by Gasteiger charge is 2.47. The third-order valence-corrected chi connectivity index (χ3v) is 4.58. The van der Waals surface area contributed by atoms with Gasteiger partial charge in [0.1, 0.15) is 11.3 Å². The molecule has 1 aliphatic heterocycles. The number of hydrogen-bond donors (Lipinski definition) is 1. The van der Waals surface area contributed by atoms with Crippen molar-refractivity contribution in [2.45, 2.75) is 52.6 Å². The molecule has 2 rings (SSSR count). The molecule has 0 bridgehead atoms. The second kappa shape index (κ2) is 7.25. The molecule has 0 spiro atoms. The monoisotopic (exact) mass is 346 g/mol. The number of imide groups is 1. The largest absolute Gasteiger partial charge is 0.496 e. The van der Waals surface area contributed by atoms with Crippen molar-refractivity contribution in [3.05, 3.63) is 29.3 Å².